The van der Waals surface area contributed by atoms with Gasteiger partial charge < -0.3 is 11.1 Å². The highest BCUT2D eigenvalue weighted by atomic mass is 79.9. The van der Waals surface area contributed by atoms with Crippen molar-refractivity contribution in [2.24, 2.45) is 5.73 Å². The largest absolute Gasteiger partial charge is 0.368 e. The third-order valence-corrected chi connectivity index (χ3v) is 2.19. The third kappa shape index (κ3) is 5.63. The monoisotopic (exact) mass is 250 g/mol. The van der Waals surface area contributed by atoms with E-state index in [0.29, 0.717) is 12.8 Å². The second-order valence-electron chi connectivity index (χ2n) is 2.72. The Labute approximate surface area is 86.4 Å². The minimum Gasteiger partial charge on any atom is -0.368 e. The fourth-order valence-corrected chi connectivity index (χ4v) is 1.15. The first-order valence-electron chi connectivity index (χ1n) is 4.26. The predicted molar refractivity (Wildman–Crippen MR) is 54.4 cm³/mol. The summed E-state index contributed by atoms with van der Waals surface area (Å²) in [5, 5.41) is 3.35. The lowest BCUT2D eigenvalue weighted by Gasteiger charge is -2.12. The van der Waals surface area contributed by atoms with E-state index in [-0.39, 0.29) is 5.91 Å². The summed E-state index contributed by atoms with van der Waals surface area (Å²) < 4.78 is 0. The van der Waals surface area contributed by atoms with Gasteiger partial charge in [-0.2, -0.15) is 0 Å². The first-order chi connectivity index (χ1) is 6.11. The Morgan fingerprint density at radius 1 is 1.54 bits per heavy atom. The number of rotatable bonds is 6. The molecule has 4 nitrogen and oxygen atoms in total. The fraction of sp³-hybridized carbons (Fsp3) is 0.750. The second-order valence-corrected chi connectivity index (χ2v) is 3.52. The number of halogens is 1. The van der Waals surface area contributed by atoms with Crippen molar-refractivity contribution < 1.29 is 9.59 Å². The number of hydrogen-bond donors (Lipinski definition) is 2. The van der Waals surface area contributed by atoms with E-state index in [2.05, 4.69) is 21.2 Å². The molecule has 0 aliphatic carbocycles. The van der Waals surface area contributed by atoms with Gasteiger partial charge in [-0.05, 0) is 12.8 Å². The average Bonchev–Trinajstić information content (AvgIpc) is 2.10. The van der Waals surface area contributed by atoms with Gasteiger partial charge in [0.15, 0.2) is 0 Å². The second kappa shape index (κ2) is 6.88. The number of amides is 2. The summed E-state index contributed by atoms with van der Waals surface area (Å²) >= 11 is 3.22. The van der Waals surface area contributed by atoms with E-state index < -0.39 is 11.9 Å². The first kappa shape index (κ1) is 12.4. The van der Waals surface area contributed by atoms with Gasteiger partial charge in [-0.25, -0.2) is 0 Å². The third-order valence-electron chi connectivity index (χ3n) is 1.62. The summed E-state index contributed by atoms with van der Waals surface area (Å²) in [5.41, 5.74) is 5.06. The van der Waals surface area contributed by atoms with Crippen LogP contribution in [0.5, 0.6) is 0 Å². The number of carbonyl (C=O) groups is 2. The quantitative estimate of drug-likeness (QED) is 0.676. The highest BCUT2D eigenvalue weighted by Gasteiger charge is 2.14. The standard InChI is InChI=1S/C8H15BrN2O2/c1-2-6(8(10)13)11-7(12)4-3-5-9/h6H,2-5H2,1H3,(H2,10,13)(H,11,12)/t6-/m0/s1. The van der Waals surface area contributed by atoms with Crippen LogP contribution in [0.3, 0.4) is 0 Å². The molecule has 0 fully saturated rings. The molecule has 0 aromatic heterocycles. The molecule has 76 valence electrons. The van der Waals surface area contributed by atoms with Crippen molar-refractivity contribution in [1.82, 2.24) is 5.32 Å². The summed E-state index contributed by atoms with van der Waals surface area (Å²) in [6, 6.07) is -0.525. The molecule has 3 N–H and O–H groups in total. The van der Waals surface area contributed by atoms with Gasteiger partial charge in [0.1, 0.15) is 6.04 Å². The lowest BCUT2D eigenvalue weighted by Crippen LogP contribution is -2.43. The molecule has 1 atom stereocenters. The summed E-state index contributed by atoms with van der Waals surface area (Å²) in [5.74, 6) is -0.597. The zero-order valence-corrected chi connectivity index (χ0v) is 9.26. The van der Waals surface area contributed by atoms with Crippen LogP contribution in [0.15, 0.2) is 0 Å². The summed E-state index contributed by atoms with van der Waals surface area (Å²) in [6.45, 7) is 1.81. The predicted octanol–water partition coefficient (Wildman–Crippen LogP) is 0.542. The van der Waals surface area contributed by atoms with Gasteiger partial charge >= 0.3 is 0 Å². The Hall–Kier alpha value is -0.580. The molecule has 0 aliphatic heterocycles. The number of nitrogens with one attached hydrogen (secondary N) is 1. The fourth-order valence-electron chi connectivity index (χ4n) is 0.868. The van der Waals surface area contributed by atoms with Crippen molar-refractivity contribution in [3.8, 4) is 0 Å². The maximum absolute atomic E-state index is 11.1. The van der Waals surface area contributed by atoms with E-state index in [0.717, 1.165) is 11.8 Å². The van der Waals surface area contributed by atoms with E-state index in [1.807, 2.05) is 0 Å². The molecule has 0 bridgehead atoms. The van der Waals surface area contributed by atoms with Gasteiger partial charge in [0.25, 0.3) is 0 Å². The van der Waals surface area contributed by atoms with Gasteiger partial charge in [0, 0.05) is 11.8 Å². The summed E-state index contributed by atoms with van der Waals surface area (Å²) in [7, 11) is 0. The van der Waals surface area contributed by atoms with Crippen LogP contribution < -0.4 is 11.1 Å². The lowest BCUT2D eigenvalue weighted by molar-refractivity contribution is -0.127. The molecule has 0 aromatic carbocycles. The van der Waals surface area contributed by atoms with Crippen LogP contribution in [-0.2, 0) is 9.59 Å². The molecule has 0 aliphatic rings. The van der Waals surface area contributed by atoms with E-state index in [9.17, 15) is 9.59 Å². The molecular formula is C8H15BrN2O2. The lowest BCUT2D eigenvalue weighted by atomic mass is 10.2. The highest BCUT2D eigenvalue weighted by Crippen LogP contribution is 1.96. The molecule has 0 rings (SSSR count). The molecule has 13 heavy (non-hydrogen) atoms. The van der Waals surface area contributed by atoms with Gasteiger partial charge in [-0.3, -0.25) is 9.59 Å². The average molecular weight is 251 g/mol. The minimum atomic E-state index is -0.525. The topological polar surface area (TPSA) is 72.2 Å². The molecule has 0 unspecified atom stereocenters. The highest BCUT2D eigenvalue weighted by molar-refractivity contribution is 9.09. The van der Waals surface area contributed by atoms with Gasteiger partial charge in [-0.1, -0.05) is 22.9 Å². The van der Waals surface area contributed by atoms with Crippen molar-refractivity contribution in [2.75, 3.05) is 5.33 Å². The SMILES string of the molecule is CC[C@H](NC(=O)CCCBr)C(N)=O. The zero-order chi connectivity index (χ0) is 10.3. The van der Waals surface area contributed by atoms with E-state index >= 15 is 0 Å². The van der Waals surface area contributed by atoms with Crippen molar-refractivity contribution in [2.45, 2.75) is 32.2 Å². The molecule has 0 spiro atoms. The zero-order valence-electron chi connectivity index (χ0n) is 7.68. The summed E-state index contributed by atoms with van der Waals surface area (Å²) in [4.78, 5) is 21.9. The van der Waals surface area contributed by atoms with E-state index in [4.69, 9.17) is 5.73 Å². The summed E-state index contributed by atoms with van der Waals surface area (Å²) in [6.07, 6.45) is 1.73. The Kier molecular flexibility index (Phi) is 6.58. The van der Waals surface area contributed by atoms with Crippen LogP contribution in [0.25, 0.3) is 0 Å². The minimum absolute atomic E-state index is 0.120. The van der Waals surface area contributed by atoms with E-state index in [1.54, 1.807) is 6.92 Å². The Bertz CT molecular complexity index is 185. The molecule has 0 saturated carbocycles. The van der Waals surface area contributed by atoms with Crippen molar-refractivity contribution in [3.05, 3.63) is 0 Å². The van der Waals surface area contributed by atoms with Gasteiger partial charge in [-0.15, -0.1) is 0 Å². The van der Waals surface area contributed by atoms with Crippen LogP contribution in [0, 0.1) is 0 Å². The number of hydrogen-bond acceptors (Lipinski definition) is 2. The Balaban J connectivity index is 3.80. The van der Waals surface area contributed by atoms with Gasteiger partial charge in [0.2, 0.25) is 11.8 Å². The normalized spacial score (nSPS) is 12.2. The number of carbonyl (C=O) groups excluding carboxylic acids is 2. The van der Waals surface area contributed by atoms with Crippen LogP contribution >= 0.6 is 15.9 Å². The Morgan fingerprint density at radius 2 is 2.15 bits per heavy atom. The van der Waals surface area contributed by atoms with Crippen molar-refractivity contribution >= 4 is 27.7 Å². The molecule has 0 heterocycles. The van der Waals surface area contributed by atoms with Crippen molar-refractivity contribution in [3.63, 3.8) is 0 Å². The maximum Gasteiger partial charge on any atom is 0.239 e. The maximum atomic E-state index is 11.1. The smallest absolute Gasteiger partial charge is 0.239 e. The van der Waals surface area contributed by atoms with Crippen LogP contribution in [0.1, 0.15) is 26.2 Å². The Morgan fingerprint density at radius 3 is 2.54 bits per heavy atom. The van der Waals surface area contributed by atoms with Crippen LogP contribution in [0.2, 0.25) is 0 Å². The van der Waals surface area contributed by atoms with Crippen LogP contribution in [-0.4, -0.2) is 23.2 Å². The first-order valence-corrected chi connectivity index (χ1v) is 5.38. The molecular weight excluding hydrogens is 236 g/mol. The molecule has 2 amide bonds. The number of alkyl halides is 1. The van der Waals surface area contributed by atoms with Crippen molar-refractivity contribution in [1.29, 1.82) is 0 Å². The molecule has 5 heteroatoms. The van der Waals surface area contributed by atoms with E-state index in [1.165, 1.54) is 0 Å². The number of nitrogens with two attached hydrogens (primary N) is 1. The molecule has 0 saturated heterocycles. The van der Waals surface area contributed by atoms with Gasteiger partial charge in [0.05, 0.1) is 0 Å². The van der Waals surface area contributed by atoms with Crippen LogP contribution in [0.4, 0.5) is 0 Å². The molecule has 0 aromatic rings. The number of primary amides is 1. The molecule has 0 radical (unpaired) electrons.